The van der Waals surface area contributed by atoms with Crippen molar-refractivity contribution in [2.24, 2.45) is 5.73 Å². The lowest BCUT2D eigenvalue weighted by Gasteiger charge is -2.24. The van der Waals surface area contributed by atoms with Gasteiger partial charge < -0.3 is 20.8 Å². The molecule has 0 fully saturated rings. The van der Waals surface area contributed by atoms with E-state index in [9.17, 15) is 4.79 Å². The van der Waals surface area contributed by atoms with Gasteiger partial charge in [-0.3, -0.25) is 0 Å². The summed E-state index contributed by atoms with van der Waals surface area (Å²) in [6.07, 6.45) is 2.38. The van der Waals surface area contributed by atoms with Crippen LogP contribution in [-0.4, -0.2) is 46.9 Å². The Labute approximate surface area is 82.8 Å². The Balaban J connectivity index is 2.41. The molecule has 4 N–H and O–H groups in total. The third kappa shape index (κ3) is 3.01. The molecule has 1 amide bonds. The quantitative estimate of drug-likeness (QED) is 0.560. The summed E-state index contributed by atoms with van der Waals surface area (Å²) in [6.45, 7) is 0.933. The number of hydrogen-bond donors (Lipinski definition) is 3. The zero-order valence-electron chi connectivity index (χ0n) is 8.02. The van der Waals surface area contributed by atoms with Crippen molar-refractivity contribution in [3.63, 3.8) is 0 Å². The van der Waals surface area contributed by atoms with E-state index >= 15 is 0 Å². The van der Waals surface area contributed by atoms with E-state index in [0.717, 1.165) is 12.0 Å². The molecule has 0 saturated heterocycles. The van der Waals surface area contributed by atoms with E-state index in [-0.39, 0.29) is 12.6 Å². The van der Waals surface area contributed by atoms with Gasteiger partial charge >= 0.3 is 6.09 Å². The van der Waals surface area contributed by atoms with E-state index in [1.165, 1.54) is 4.90 Å². The van der Waals surface area contributed by atoms with Crippen LogP contribution in [0.5, 0.6) is 0 Å². The van der Waals surface area contributed by atoms with Crippen LogP contribution >= 0.6 is 0 Å². The molecular formula is C9H16N2O3. The van der Waals surface area contributed by atoms with Gasteiger partial charge in [-0.05, 0) is 12.8 Å². The molecule has 0 aliphatic carbocycles. The second-order valence-electron chi connectivity index (χ2n) is 3.49. The first-order valence-corrected chi connectivity index (χ1v) is 4.65. The molecular weight excluding hydrogens is 184 g/mol. The van der Waals surface area contributed by atoms with Gasteiger partial charge in [0.1, 0.15) is 0 Å². The maximum absolute atomic E-state index is 10.6. The second kappa shape index (κ2) is 4.97. The molecule has 1 aliphatic heterocycles. The van der Waals surface area contributed by atoms with Crippen LogP contribution in [0.25, 0.3) is 0 Å². The third-order valence-corrected chi connectivity index (χ3v) is 2.33. The summed E-state index contributed by atoms with van der Waals surface area (Å²) < 4.78 is 0. The van der Waals surface area contributed by atoms with Crippen LogP contribution in [0.15, 0.2) is 11.6 Å². The molecule has 5 heteroatoms. The first-order chi connectivity index (χ1) is 6.63. The number of carbonyl (C=O) groups is 1. The summed E-state index contributed by atoms with van der Waals surface area (Å²) in [5.74, 6) is 0. The van der Waals surface area contributed by atoms with Gasteiger partial charge in [-0.1, -0.05) is 11.6 Å². The molecule has 0 radical (unpaired) electrons. The van der Waals surface area contributed by atoms with Crippen molar-refractivity contribution < 1.29 is 15.0 Å². The molecule has 0 aromatic carbocycles. The Morgan fingerprint density at radius 3 is 2.86 bits per heavy atom. The van der Waals surface area contributed by atoms with Crippen LogP contribution in [0, 0.1) is 0 Å². The van der Waals surface area contributed by atoms with Gasteiger partial charge in [0.15, 0.2) is 0 Å². The molecule has 14 heavy (non-hydrogen) atoms. The predicted molar refractivity (Wildman–Crippen MR) is 52.0 cm³/mol. The molecule has 0 bridgehead atoms. The van der Waals surface area contributed by atoms with Crippen molar-refractivity contribution in [1.29, 1.82) is 0 Å². The summed E-state index contributed by atoms with van der Waals surface area (Å²) in [5.41, 5.74) is 6.72. The number of amides is 1. The maximum Gasteiger partial charge on any atom is 0.407 e. The molecule has 1 unspecified atom stereocenters. The Kier molecular flexibility index (Phi) is 3.91. The van der Waals surface area contributed by atoms with Gasteiger partial charge in [-0.15, -0.1) is 0 Å². The Hall–Kier alpha value is -1.07. The zero-order chi connectivity index (χ0) is 10.6. The zero-order valence-corrected chi connectivity index (χ0v) is 8.02. The highest BCUT2D eigenvalue weighted by molar-refractivity contribution is 5.65. The fourth-order valence-corrected chi connectivity index (χ4v) is 1.47. The van der Waals surface area contributed by atoms with Crippen molar-refractivity contribution >= 4 is 6.09 Å². The van der Waals surface area contributed by atoms with Crippen molar-refractivity contribution in [2.75, 3.05) is 19.7 Å². The van der Waals surface area contributed by atoms with Crippen molar-refractivity contribution in [1.82, 2.24) is 4.90 Å². The summed E-state index contributed by atoms with van der Waals surface area (Å²) in [7, 11) is 0. The molecule has 5 nitrogen and oxygen atoms in total. The van der Waals surface area contributed by atoms with Gasteiger partial charge in [0.2, 0.25) is 0 Å². The number of nitrogens with zero attached hydrogens (tertiary/aromatic N) is 1. The SMILES string of the molecule is NC(CO)CC1=CCN(C(=O)O)CC1. The lowest BCUT2D eigenvalue weighted by atomic mass is 10.0. The maximum atomic E-state index is 10.6. The largest absolute Gasteiger partial charge is 0.465 e. The normalized spacial score (nSPS) is 19.0. The van der Waals surface area contributed by atoms with Crippen LogP contribution in [-0.2, 0) is 0 Å². The minimum atomic E-state index is -0.883. The number of rotatable bonds is 3. The highest BCUT2D eigenvalue weighted by atomic mass is 16.4. The van der Waals surface area contributed by atoms with Crippen molar-refractivity contribution in [3.05, 3.63) is 11.6 Å². The number of aliphatic hydroxyl groups is 1. The number of nitrogens with two attached hydrogens (primary N) is 1. The van der Waals surface area contributed by atoms with Crippen LogP contribution in [0.4, 0.5) is 4.79 Å². The van der Waals surface area contributed by atoms with Crippen LogP contribution in [0.2, 0.25) is 0 Å². The van der Waals surface area contributed by atoms with Gasteiger partial charge in [0.25, 0.3) is 0 Å². The molecule has 0 aromatic rings. The van der Waals surface area contributed by atoms with Gasteiger partial charge in [0.05, 0.1) is 6.61 Å². The van der Waals surface area contributed by atoms with Crippen LogP contribution < -0.4 is 5.73 Å². The molecule has 0 aromatic heterocycles. The number of carboxylic acid groups (broad SMARTS) is 1. The Morgan fingerprint density at radius 2 is 2.43 bits per heavy atom. The highest BCUT2D eigenvalue weighted by Crippen LogP contribution is 2.15. The summed E-state index contributed by atoms with van der Waals surface area (Å²) in [6, 6.07) is -0.224. The van der Waals surface area contributed by atoms with E-state index in [4.69, 9.17) is 15.9 Å². The van der Waals surface area contributed by atoms with Crippen LogP contribution in [0.1, 0.15) is 12.8 Å². The monoisotopic (exact) mass is 200 g/mol. The number of hydrogen-bond acceptors (Lipinski definition) is 3. The van der Waals surface area contributed by atoms with Gasteiger partial charge in [-0.2, -0.15) is 0 Å². The Morgan fingerprint density at radius 1 is 1.71 bits per heavy atom. The van der Waals surface area contributed by atoms with E-state index < -0.39 is 6.09 Å². The standard InChI is InChI=1S/C9H16N2O3/c10-8(6-12)5-7-1-3-11(4-2-7)9(13)14/h1,8,12H,2-6,10H2,(H,13,14). The highest BCUT2D eigenvalue weighted by Gasteiger charge is 2.16. The molecule has 1 atom stereocenters. The first kappa shape index (κ1) is 11.0. The van der Waals surface area contributed by atoms with Crippen molar-refractivity contribution in [2.45, 2.75) is 18.9 Å². The minimum Gasteiger partial charge on any atom is -0.465 e. The fraction of sp³-hybridized carbons (Fsp3) is 0.667. The fourth-order valence-electron chi connectivity index (χ4n) is 1.47. The van der Waals surface area contributed by atoms with E-state index in [1.54, 1.807) is 0 Å². The molecule has 80 valence electrons. The molecule has 1 rings (SSSR count). The average molecular weight is 200 g/mol. The molecule has 1 aliphatic rings. The Bertz CT molecular complexity index is 240. The van der Waals surface area contributed by atoms with E-state index in [1.807, 2.05) is 6.08 Å². The summed E-state index contributed by atoms with van der Waals surface area (Å²) in [4.78, 5) is 11.9. The molecule has 0 spiro atoms. The van der Waals surface area contributed by atoms with Crippen molar-refractivity contribution in [3.8, 4) is 0 Å². The predicted octanol–water partition coefficient (Wildman–Crippen LogP) is 0.00620. The lowest BCUT2D eigenvalue weighted by Crippen LogP contribution is -2.34. The first-order valence-electron chi connectivity index (χ1n) is 4.65. The third-order valence-electron chi connectivity index (χ3n) is 2.33. The van der Waals surface area contributed by atoms with Gasteiger partial charge in [-0.25, -0.2) is 4.79 Å². The summed E-state index contributed by atoms with van der Waals surface area (Å²) >= 11 is 0. The lowest BCUT2D eigenvalue weighted by molar-refractivity contribution is 0.148. The van der Waals surface area contributed by atoms with E-state index in [2.05, 4.69) is 0 Å². The topological polar surface area (TPSA) is 86.8 Å². The smallest absolute Gasteiger partial charge is 0.407 e. The molecule has 1 heterocycles. The van der Waals surface area contributed by atoms with Gasteiger partial charge in [0, 0.05) is 19.1 Å². The number of aliphatic hydroxyl groups excluding tert-OH is 1. The average Bonchev–Trinajstić information content (AvgIpc) is 2.18. The minimum absolute atomic E-state index is 0.0278. The molecule has 0 saturated carbocycles. The van der Waals surface area contributed by atoms with E-state index in [0.29, 0.717) is 19.5 Å². The summed E-state index contributed by atoms with van der Waals surface area (Å²) in [5, 5.41) is 17.4. The second-order valence-corrected chi connectivity index (χ2v) is 3.49. The van der Waals surface area contributed by atoms with Crippen LogP contribution in [0.3, 0.4) is 0 Å².